The molecule has 0 saturated carbocycles. The zero-order valence-corrected chi connectivity index (χ0v) is 18.4. The molecular weight excluding hydrogens is 438 g/mol. The van der Waals surface area contributed by atoms with Crippen LogP contribution in [0.15, 0.2) is 76.5 Å². The topological polar surface area (TPSA) is 135 Å². The standard InChI is InChI=1S/C21H21N3O5S2/c1-14-5-3-7-17(11-14)24-31(28,29)19-10-9-15(2)20(13-19)21(25)23-16-6-4-8-18(12-16)30(22,26)27/h3-13,24H,1-2H3,(H,23,25)(H2,22,26,27). The van der Waals surface area contributed by atoms with Gasteiger partial charge in [-0.1, -0.05) is 24.3 Å². The van der Waals surface area contributed by atoms with Crippen LogP contribution in [0.2, 0.25) is 0 Å². The van der Waals surface area contributed by atoms with Gasteiger partial charge in [0, 0.05) is 16.9 Å². The Hall–Kier alpha value is -3.21. The molecule has 3 aromatic rings. The number of hydrogen-bond donors (Lipinski definition) is 3. The van der Waals surface area contributed by atoms with E-state index in [0.29, 0.717) is 11.3 Å². The Morgan fingerprint density at radius 1 is 0.806 bits per heavy atom. The average molecular weight is 460 g/mol. The van der Waals surface area contributed by atoms with Crippen LogP contribution in [-0.4, -0.2) is 22.7 Å². The molecule has 0 heterocycles. The molecule has 1 amide bonds. The van der Waals surface area contributed by atoms with Crippen LogP contribution in [-0.2, 0) is 20.0 Å². The summed E-state index contributed by atoms with van der Waals surface area (Å²) < 4.78 is 51.1. The second-order valence-electron chi connectivity index (χ2n) is 6.98. The second kappa shape index (κ2) is 8.50. The maximum absolute atomic E-state index is 12.8. The molecule has 0 aliphatic carbocycles. The van der Waals surface area contributed by atoms with E-state index in [9.17, 15) is 21.6 Å². The first-order chi connectivity index (χ1) is 14.5. The smallest absolute Gasteiger partial charge is 0.261 e. The molecule has 0 spiro atoms. The highest BCUT2D eigenvalue weighted by Gasteiger charge is 2.19. The van der Waals surface area contributed by atoms with Gasteiger partial charge in [0.15, 0.2) is 0 Å². The highest BCUT2D eigenvalue weighted by atomic mass is 32.2. The van der Waals surface area contributed by atoms with Crippen molar-refractivity contribution < 1.29 is 21.6 Å². The van der Waals surface area contributed by atoms with E-state index < -0.39 is 26.0 Å². The van der Waals surface area contributed by atoms with Crippen molar-refractivity contribution in [3.05, 3.63) is 83.4 Å². The summed E-state index contributed by atoms with van der Waals surface area (Å²) in [7, 11) is -7.86. The molecule has 31 heavy (non-hydrogen) atoms. The van der Waals surface area contributed by atoms with Gasteiger partial charge in [-0.25, -0.2) is 22.0 Å². The Balaban J connectivity index is 1.89. The number of primary sulfonamides is 1. The first-order valence-corrected chi connectivity index (χ1v) is 12.1. The van der Waals surface area contributed by atoms with Gasteiger partial charge in [-0.2, -0.15) is 0 Å². The number of nitrogens with one attached hydrogen (secondary N) is 2. The molecule has 0 radical (unpaired) electrons. The zero-order valence-electron chi connectivity index (χ0n) is 16.8. The maximum Gasteiger partial charge on any atom is 0.261 e. The predicted octanol–water partition coefficient (Wildman–Crippen LogP) is 3.00. The van der Waals surface area contributed by atoms with Crippen molar-refractivity contribution in [1.29, 1.82) is 0 Å². The van der Waals surface area contributed by atoms with E-state index in [4.69, 9.17) is 5.14 Å². The molecule has 0 saturated heterocycles. The Labute approximate surface area is 181 Å². The second-order valence-corrected chi connectivity index (χ2v) is 10.2. The van der Waals surface area contributed by atoms with E-state index in [1.807, 2.05) is 13.0 Å². The van der Waals surface area contributed by atoms with E-state index in [-0.39, 0.29) is 21.0 Å². The number of benzene rings is 3. The number of aryl methyl sites for hydroxylation is 2. The molecule has 4 N–H and O–H groups in total. The zero-order chi connectivity index (χ0) is 22.8. The van der Waals surface area contributed by atoms with Gasteiger partial charge in [0.1, 0.15) is 0 Å². The third-order valence-corrected chi connectivity index (χ3v) is 6.74. The van der Waals surface area contributed by atoms with Crippen LogP contribution in [0.3, 0.4) is 0 Å². The SMILES string of the molecule is Cc1cccc(NS(=O)(=O)c2ccc(C)c(C(=O)Nc3cccc(S(N)(=O)=O)c3)c2)c1. The van der Waals surface area contributed by atoms with Crippen LogP contribution < -0.4 is 15.2 Å². The van der Waals surface area contributed by atoms with Crippen LogP contribution in [0.25, 0.3) is 0 Å². The lowest BCUT2D eigenvalue weighted by molar-refractivity contribution is 0.102. The van der Waals surface area contributed by atoms with Crippen molar-refractivity contribution in [2.75, 3.05) is 10.0 Å². The summed E-state index contributed by atoms with van der Waals surface area (Å²) in [5, 5.41) is 7.69. The van der Waals surface area contributed by atoms with Crippen LogP contribution in [0.4, 0.5) is 11.4 Å². The lowest BCUT2D eigenvalue weighted by atomic mass is 10.1. The molecule has 0 fully saturated rings. The molecule has 0 aromatic heterocycles. The highest BCUT2D eigenvalue weighted by Crippen LogP contribution is 2.21. The van der Waals surface area contributed by atoms with Gasteiger partial charge < -0.3 is 5.32 Å². The maximum atomic E-state index is 12.8. The summed E-state index contributed by atoms with van der Waals surface area (Å²) in [5.74, 6) is -0.586. The van der Waals surface area contributed by atoms with Gasteiger partial charge in [0.25, 0.3) is 15.9 Å². The summed E-state index contributed by atoms with van der Waals surface area (Å²) in [4.78, 5) is 12.5. The number of nitrogens with two attached hydrogens (primary N) is 1. The van der Waals surface area contributed by atoms with E-state index in [2.05, 4.69) is 10.0 Å². The molecular formula is C21H21N3O5S2. The van der Waals surface area contributed by atoms with E-state index in [1.165, 1.54) is 42.5 Å². The van der Waals surface area contributed by atoms with Gasteiger partial charge in [-0.15, -0.1) is 0 Å². The number of anilines is 2. The summed E-state index contributed by atoms with van der Waals surface area (Å²) in [6.07, 6.45) is 0. The quantitative estimate of drug-likeness (QED) is 0.521. The van der Waals surface area contributed by atoms with Gasteiger partial charge in [-0.3, -0.25) is 9.52 Å². The summed E-state index contributed by atoms with van der Waals surface area (Å²) in [5.41, 5.74) is 2.20. The minimum atomic E-state index is -3.93. The van der Waals surface area contributed by atoms with Crippen LogP contribution in [0.1, 0.15) is 21.5 Å². The molecule has 0 bridgehead atoms. The van der Waals surface area contributed by atoms with Gasteiger partial charge >= 0.3 is 0 Å². The lowest BCUT2D eigenvalue weighted by Gasteiger charge is -2.12. The molecule has 8 nitrogen and oxygen atoms in total. The molecule has 0 unspecified atom stereocenters. The van der Waals surface area contributed by atoms with Crippen molar-refractivity contribution in [2.45, 2.75) is 23.6 Å². The van der Waals surface area contributed by atoms with Gasteiger partial charge in [0.2, 0.25) is 10.0 Å². The molecule has 0 aliphatic heterocycles. The normalized spacial score (nSPS) is 11.7. The summed E-state index contributed by atoms with van der Waals surface area (Å²) in [6, 6.07) is 16.6. The first-order valence-electron chi connectivity index (χ1n) is 9.10. The monoisotopic (exact) mass is 459 g/mol. The molecule has 3 aromatic carbocycles. The average Bonchev–Trinajstić information content (AvgIpc) is 2.67. The number of carbonyl (C=O) groups is 1. The lowest BCUT2D eigenvalue weighted by Crippen LogP contribution is -2.17. The number of hydrogen-bond acceptors (Lipinski definition) is 5. The number of carbonyl (C=O) groups excluding carboxylic acids is 1. The van der Waals surface area contributed by atoms with E-state index in [1.54, 1.807) is 25.1 Å². The number of rotatable bonds is 6. The fraction of sp³-hybridized carbons (Fsp3) is 0.0952. The largest absolute Gasteiger partial charge is 0.322 e. The molecule has 3 rings (SSSR count). The Bertz CT molecular complexity index is 1370. The van der Waals surface area contributed by atoms with Crippen LogP contribution in [0, 0.1) is 13.8 Å². The van der Waals surface area contributed by atoms with Crippen molar-refractivity contribution >= 4 is 37.3 Å². The van der Waals surface area contributed by atoms with E-state index in [0.717, 1.165) is 5.56 Å². The van der Waals surface area contributed by atoms with E-state index >= 15 is 0 Å². The Morgan fingerprint density at radius 3 is 2.16 bits per heavy atom. The van der Waals surface area contributed by atoms with Crippen molar-refractivity contribution in [1.82, 2.24) is 0 Å². The number of sulfonamides is 2. The molecule has 10 heteroatoms. The third-order valence-electron chi connectivity index (χ3n) is 4.45. The van der Waals surface area contributed by atoms with Crippen LogP contribution >= 0.6 is 0 Å². The fourth-order valence-electron chi connectivity index (χ4n) is 2.88. The van der Waals surface area contributed by atoms with Crippen LogP contribution in [0.5, 0.6) is 0 Å². The van der Waals surface area contributed by atoms with Crippen molar-refractivity contribution in [2.24, 2.45) is 5.14 Å². The predicted molar refractivity (Wildman–Crippen MR) is 119 cm³/mol. The number of amides is 1. The highest BCUT2D eigenvalue weighted by molar-refractivity contribution is 7.92. The van der Waals surface area contributed by atoms with Gasteiger partial charge in [-0.05, 0) is 67.4 Å². The minimum Gasteiger partial charge on any atom is -0.322 e. The summed E-state index contributed by atoms with van der Waals surface area (Å²) >= 11 is 0. The molecule has 0 aliphatic rings. The van der Waals surface area contributed by atoms with Gasteiger partial charge in [0.05, 0.1) is 9.79 Å². The Morgan fingerprint density at radius 2 is 1.48 bits per heavy atom. The molecule has 162 valence electrons. The Kier molecular flexibility index (Phi) is 6.16. The third kappa shape index (κ3) is 5.48. The van der Waals surface area contributed by atoms with Crippen molar-refractivity contribution in [3.8, 4) is 0 Å². The first kappa shape index (κ1) is 22.5. The minimum absolute atomic E-state index is 0.0805. The fourth-order valence-corrected chi connectivity index (χ4v) is 4.52. The summed E-state index contributed by atoms with van der Waals surface area (Å²) in [6.45, 7) is 3.51. The molecule has 0 atom stereocenters. The van der Waals surface area contributed by atoms with Crippen molar-refractivity contribution in [3.63, 3.8) is 0 Å².